The van der Waals surface area contributed by atoms with Gasteiger partial charge >= 0.3 is 5.97 Å². The van der Waals surface area contributed by atoms with Crippen LogP contribution < -0.4 is 15.5 Å². The van der Waals surface area contributed by atoms with E-state index in [0.717, 1.165) is 19.3 Å². The highest BCUT2D eigenvalue weighted by molar-refractivity contribution is 5.90. The molecule has 0 aliphatic heterocycles. The Bertz CT molecular complexity index is 528. The molecule has 0 bridgehead atoms. The highest BCUT2D eigenvalue weighted by Crippen LogP contribution is 2.16. The highest BCUT2D eigenvalue weighted by atomic mass is 16.5. The molecule has 23 heavy (non-hydrogen) atoms. The summed E-state index contributed by atoms with van der Waals surface area (Å²) < 4.78 is 4.91. The van der Waals surface area contributed by atoms with Gasteiger partial charge in [-0.1, -0.05) is 12.8 Å². The third-order valence-electron chi connectivity index (χ3n) is 3.08. The normalized spacial score (nSPS) is 10.0. The van der Waals surface area contributed by atoms with Crippen molar-refractivity contribution in [1.29, 1.82) is 0 Å². The van der Waals surface area contributed by atoms with Gasteiger partial charge in [0.2, 0.25) is 11.8 Å². The Kier molecular flexibility index (Phi) is 8.38. The smallest absolute Gasteiger partial charge is 0.308 e. The number of ether oxygens (including phenoxy) is 1. The first-order valence-electron chi connectivity index (χ1n) is 7.52. The number of benzene rings is 1. The molecule has 0 radical (unpaired) electrons. The standard InChI is InChI=1S/C16H22N2O5/c1-12(19)23-14-10-8-13(9-11-14)17-15(20)6-4-2-3-5-7-16(21)18-22/h8-11,22H,2-7H2,1H3,(H,17,20)(H,18,21). The number of amides is 2. The molecule has 0 heterocycles. The summed E-state index contributed by atoms with van der Waals surface area (Å²) >= 11 is 0. The van der Waals surface area contributed by atoms with Crippen LogP contribution in [0, 0.1) is 0 Å². The Labute approximate surface area is 135 Å². The van der Waals surface area contributed by atoms with Crippen molar-refractivity contribution in [3.63, 3.8) is 0 Å². The maximum Gasteiger partial charge on any atom is 0.308 e. The van der Waals surface area contributed by atoms with Crippen LogP contribution in [-0.4, -0.2) is 23.0 Å². The number of rotatable bonds is 9. The van der Waals surface area contributed by atoms with Gasteiger partial charge in [0, 0.05) is 25.5 Å². The summed E-state index contributed by atoms with van der Waals surface area (Å²) in [4.78, 5) is 33.4. The van der Waals surface area contributed by atoms with Crippen LogP contribution in [0.2, 0.25) is 0 Å². The molecule has 0 spiro atoms. The number of anilines is 1. The second-order valence-corrected chi connectivity index (χ2v) is 5.12. The summed E-state index contributed by atoms with van der Waals surface area (Å²) in [5.41, 5.74) is 2.23. The van der Waals surface area contributed by atoms with Crippen LogP contribution in [0.5, 0.6) is 5.75 Å². The van der Waals surface area contributed by atoms with Crippen molar-refractivity contribution in [2.45, 2.75) is 45.4 Å². The molecule has 0 saturated heterocycles. The molecule has 1 rings (SSSR count). The lowest BCUT2D eigenvalue weighted by atomic mass is 10.1. The summed E-state index contributed by atoms with van der Waals surface area (Å²) in [5.74, 6) is -0.432. The molecule has 0 aliphatic rings. The predicted molar refractivity (Wildman–Crippen MR) is 84.0 cm³/mol. The highest BCUT2D eigenvalue weighted by Gasteiger charge is 2.04. The van der Waals surface area contributed by atoms with Gasteiger partial charge in [-0.25, -0.2) is 5.48 Å². The van der Waals surface area contributed by atoms with Crippen molar-refractivity contribution in [3.8, 4) is 5.75 Å². The monoisotopic (exact) mass is 322 g/mol. The molecule has 7 nitrogen and oxygen atoms in total. The molecule has 0 saturated carbocycles. The van der Waals surface area contributed by atoms with Crippen molar-refractivity contribution < 1.29 is 24.3 Å². The number of hydrogen-bond acceptors (Lipinski definition) is 5. The molecule has 0 aromatic heterocycles. The van der Waals surface area contributed by atoms with Crippen molar-refractivity contribution in [2.75, 3.05) is 5.32 Å². The molecule has 1 aromatic carbocycles. The molecule has 1 aromatic rings. The van der Waals surface area contributed by atoms with E-state index in [1.54, 1.807) is 29.7 Å². The zero-order valence-corrected chi connectivity index (χ0v) is 13.1. The van der Waals surface area contributed by atoms with E-state index in [4.69, 9.17) is 9.94 Å². The Morgan fingerprint density at radius 2 is 1.52 bits per heavy atom. The number of carbonyl (C=O) groups is 3. The van der Waals surface area contributed by atoms with Gasteiger partial charge in [0.1, 0.15) is 5.75 Å². The SMILES string of the molecule is CC(=O)Oc1ccc(NC(=O)CCCCCCC(=O)NO)cc1. The number of carbonyl (C=O) groups excluding carboxylic acids is 3. The Morgan fingerprint density at radius 3 is 2.04 bits per heavy atom. The maximum absolute atomic E-state index is 11.8. The van der Waals surface area contributed by atoms with Crippen molar-refractivity contribution in [2.24, 2.45) is 0 Å². The van der Waals surface area contributed by atoms with Gasteiger partial charge in [-0.15, -0.1) is 0 Å². The molecule has 0 fully saturated rings. The van der Waals surface area contributed by atoms with Gasteiger partial charge in [-0.05, 0) is 37.1 Å². The first kappa shape index (κ1) is 18.6. The van der Waals surface area contributed by atoms with E-state index in [1.165, 1.54) is 6.92 Å². The third-order valence-corrected chi connectivity index (χ3v) is 3.08. The topological polar surface area (TPSA) is 105 Å². The van der Waals surface area contributed by atoms with Crippen molar-refractivity contribution in [3.05, 3.63) is 24.3 Å². The van der Waals surface area contributed by atoms with Crippen LogP contribution in [0.25, 0.3) is 0 Å². The predicted octanol–water partition coefficient (Wildman–Crippen LogP) is 2.40. The zero-order valence-electron chi connectivity index (χ0n) is 13.1. The van der Waals surface area contributed by atoms with Crippen LogP contribution in [0.3, 0.4) is 0 Å². The fourth-order valence-electron chi connectivity index (χ4n) is 1.98. The summed E-state index contributed by atoms with van der Waals surface area (Å²) in [7, 11) is 0. The summed E-state index contributed by atoms with van der Waals surface area (Å²) in [5, 5.41) is 11.1. The maximum atomic E-state index is 11.8. The lowest BCUT2D eigenvalue weighted by Gasteiger charge is -2.06. The van der Waals surface area contributed by atoms with Crippen LogP contribution in [-0.2, 0) is 14.4 Å². The van der Waals surface area contributed by atoms with Crippen molar-refractivity contribution >= 4 is 23.5 Å². The van der Waals surface area contributed by atoms with E-state index < -0.39 is 5.97 Å². The van der Waals surface area contributed by atoms with Gasteiger partial charge in [0.25, 0.3) is 0 Å². The number of esters is 1. The number of unbranched alkanes of at least 4 members (excludes halogenated alkanes) is 3. The van der Waals surface area contributed by atoms with Crippen molar-refractivity contribution in [1.82, 2.24) is 5.48 Å². The van der Waals surface area contributed by atoms with E-state index in [-0.39, 0.29) is 18.2 Å². The number of nitrogens with one attached hydrogen (secondary N) is 2. The minimum atomic E-state index is -0.391. The summed E-state index contributed by atoms with van der Waals surface area (Å²) in [6.07, 6.45) is 3.79. The number of hydroxylamine groups is 1. The first-order chi connectivity index (χ1) is 11.0. The molecule has 0 aliphatic carbocycles. The molecule has 0 unspecified atom stereocenters. The lowest BCUT2D eigenvalue weighted by Crippen LogP contribution is -2.17. The van der Waals surface area contributed by atoms with Crippen LogP contribution in [0.1, 0.15) is 45.4 Å². The van der Waals surface area contributed by atoms with Gasteiger partial charge in [0.05, 0.1) is 0 Å². The molecule has 3 N–H and O–H groups in total. The molecular formula is C16H22N2O5. The van der Waals surface area contributed by atoms with Gasteiger partial charge in [0.15, 0.2) is 0 Å². The van der Waals surface area contributed by atoms with E-state index in [9.17, 15) is 14.4 Å². The molecular weight excluding hydrogens is 300 g/mol. The van der Waals surface area contributed by atoms with Crippen LogP contribution in [0.4, 0.5) is 5.69 Å². The molecule has 126 valence electrons. The van der Waals surface area contributed by atoms with Gasteiger partial charge < -0.3 is 10.1 Å². The van der Waals surface area contributed by atoms with Gasteiger partial charge in [-0.2, -0.15) is 0 Å². The average Bonchev–Trinajstić information content (AvgIpc) is 2.51. The third kappa shape index (κ3) is 8.57. The Balaban J connectivity index is 2.18. The summed E-state index contributed by atoms with van der Waals surface area (Å²) in [6, 6.07) is 6.57. The summed E-state index contributed by atoms with van der Waals surface area (Å²) in [6.45, 7) is 1.33. The van der Waals surface area contributed by atoms with Gasteiger partial charge in [-0.3, -0.25) is 19.6 Å². The molecule has 0 atom stereocenters. The van der Waals surface area contributed by atoms with E-state index >= 15 is 0 Å². The van der Waals surface area contributed by atoms with Crippen LogP contribution >= 0.6 is 0 Å². The second kappa shape index (κ2) is 10.3. The first-order valence-corrected chi connectivity index (χ1v) is 7.52. The second-order valence-electron chi connectivity index (χ2n) is 5.12. The minimum absolute atomic E-state index is 0.0849. The Hall–Kier alpha value is -2.41. The number of hydrogen-bond donors (Lipinski definition) is 3. The quantitative estimate of drug-likeness (QED) is 0.213. The minimum Gasteiger partial charge on any atom is -0.427 e. The Morgan fingerprint density at radius 1 is 0.957 bits per heavy atom. The van der Waals surface area contributed by atoms with E-state index in [1.807, 2.05) is 0 Å². The molecule has 7 heteroatoms. The zero-order chi connectivity index (χ0) is 17.1. The average molecular weight is 322 g/mol. The van der Waals surface area contributed by atoms with E-state index in [2.05, 4.69) is 5.32 Å². The molecule has 2 amide bonds. The largest absolute Gasteiger partial charge is 0.427 e. The van der Waals surface area contributed by atoms with Crippen LogP contribution in [0.15, 0.2) is 24.3 Å². The fraction of sp³-hybridized carbons (Fsp3) is 0.438. The lowest BCUT2D eigenvalue weighted by molar-refractivity contribution is -0.132. The fourth-order valence-corrected chi connectivity index (χ4v) is 1.98. The van der Waals surface area contributed by atoms with E-state index in [0.29, 0.717) is 24.3 Å².